The molecule has 0 spiro atoms. The Balaban J connectivity index is 1.71. The second-order valence-electron chi connectivity index (χ2n) is 8.90. The Morgan fingerprint density at radius 1 is 1.03 bits per heavy atom. The predicted molar refractivity (Wildman–Crippen MR) is 121 cm³/mol. The lowest BCUT2D eigenvalue weighted by Gasteiger charge is -2.22. The maximum atomic E-state index is 12.3. The van der Waals surface area contributed by atoms with Gasteiger partial charge in [-0.3, -0.25) is 9.59 Å². The monoisotopic (exact) mass is 430 g/mol. The normalized spacial score (nSPS) is 23.5. The summed E-state index contributed by atoms with van der Waals surface area (Å²) < 4.78 is 5.12. The Morgan fingerprint density at radius 2 is 1.74 bits per heavy atom. The van der Waals surface area contributed by atoms with Crippen molar-refractivity contribution in [1.29, 1.82) is 0 Å². The fraction of sp³-hybridized carbons (Fsp3) is 0.615. The number of aliphatic hydroxyl groups is 2. The molecule has 1 aliphatic rings. The van der Waals surface area contributed by atoms with Crippen LogP contribution in [0.25, 0.3) is 0 Å². The number of aliphatic hydroxyl groups excluding tert-OH is 2. The molecule has 0 amide bonds. The van der Waals surface area contributed by atoms with Gasteiger partial charge in [0.1, 0.15) is 5.78 Å². The molecule has 0 unspecified atom stereocenters. The van der Waals surface area contributed by atoms with Crippen molar-refractivity contribution < 1.29 is 24.5 Å². The molecule has 2 N–H and O–H groups in total. The van der Waals surface area contributed by atoms with Crippen LogP contribution in [0.4, 0.5) is 0 Å². The molecule has 172 valence electrons. The number of rotatable bonds is 13. The van der Waals surface area contributed by atoms with Crippen LogP contribution in [0.2, 0.25) is 0 Å². The van der Waals surface area contributed by atoms with Gasteiger partial charge in [-0.25, -0.2) is 0 Å². The minimum Gasteiger partial charge on any atom is -0.463 e. The molecule has 4 atom stereocenters. The third kappa shape index (κ3) is 9.36. The molecule has 1 aliphatic carbocycles. The summed E-state index contributed by atoms with van der Waals surface area (Å²) in [6, 6.07) is 9.98. The van der Waals surface area contributed by atoms with E-state index in [9.17, 15) is 19.8 Å². The summed E-state index contributed by atoms with van der Waals surface area (Å²) in [7, 11) is 0. The molecule has 0 saturated heterocycles. The van der Waals surface area contributed by atoms with Crippen LogP contribution in [0.1, 0.15) is 70.8 Å². The van der Waals surface area contributed by atoms with Gasteiger partial charge in [0.05, 0.1) is 18.3 Å². The van der Waals surface area contributed by atoms with Gasteiger partial charge in [-0.1, -0.05) is 42.5 Å². The highest BCUT2D eigenvalue weighted by atomic mass is 16.5. The van der Waals surface area contributed by atoms with Crippen molar-refractivity contribution in [3.63, 3.8) is 0 Å². The molecule has 31 heavy (non-hydrogen) atoms. The summed E-state index contributed by atoms with van der Waals surface area (Å²) >= 11 is 0. The van der Waals surface area contributed by atoms with Crippen LogP contribution in [-0.2, 0) is 20.7 Å². The molecule has 0 aliphatic heterocycles. The lowest BCUT2D eigenvalue weighted by atomic mass is 9.86. The second kappa shape index (κ2) is 13.4. The third-order valence-corrected chi connectivity index (χ3v) is 6.01. The summed E-state index contributed by atoms with van der Waals surface area (Å²) in [5.74, 6) is -0.0461. The average molecular weight is 431 g/mol. The van der Waals surface area contributed by atoms with Crippen LogP contribution in [0, 0.1) is 11.8 Å². The second-order valence-corrected chi connectivity index (χ2v) is 8.90. The average Bonchev–Trinajstić information content (AvgIpc) is 3.00. The quantitative estimate of drug-likeness (QED) is 0.275. The minimum absolute atomic E-state index is 0.0286. The van der Waals surface area contributed by atoms with Crippen LogP contribution in [-0.4, -0.2) is 40.3 Å². The van der Waals surface area contributed by atoms with Crippen molar-refractivity contribution in [2.24, 2.45) is 11.8 Å². The number of carbonyl (C=O) groups is 2. The first kappa shape index (κ1) is 25.3. The summed E-state index contributed by atoms with van der Waals surface area (Å²) in [4.78, 5) is 23.9. The first-order valence-corrected chi connectivity index (χ1v) is 11.6. The van der Waals surface area contributed by atoms with Gasteiger partial charge in [-0.05, 0) is 69.8 Å². The molecular formula is C26H38O5. The smallest absolute Gasteiger partial charge is 0.306 e. The molecule has 5 heteroatoms. The van der Waals surface area contributed by atoms with Crippen LogP contribution >= 0.6 is 0 Å². The van der Waals surface area contributed by atoms with E-state index in [-0.39, 0.29) is 29.7 Å². The number of aryl methyl sites for hydroxylation is 1. The first-order valence-electron chi connectivity index (χ1n) is 11.6. The molecule has 0 bridgehead atoms. The highest BCUT2D eigenvalue weighted by Gasteiger charge is 2.40. The lowest BCUT2D eigenvalue weighted by Crippen LogP contribution is -2.22. The Labute approximate surface area is 186 Å². The van der Waals surface area contributed by atoms with E-state index in [1.165, 1.54) is 0 Å². The standard InChI is InChI=1S/C26H38O5/c1-19(2)31-26(30)13-9-4-3-8-12-22-23(25(29)18-24(22)28)17-16-21(27)15-14-20-10-6-5-7-11-20/h3,5-8,10-11,19,22-25,28-29H,4,9,12-18H2,1-2H3/t22-,23-,24+,25-/m1/s1. The van der Waals surface area contributed by atoms with Crippen LogP contribution in [0.3, 0.4) is 0 Å². The number of esters is 1. The predicted octanol–water partition coefficient (Wildman–Crippen LogP) is 4.39. The molecule has 2 rings (SSSR count). The third-order valence-electron chi connectivity index (χ3n) is 6.01. The number of allylic oxidation sites excluding steroid dienone is 2. The highest BCUT2D eigenvalue weighted by Crippen LogP contribution is 2.38. The topological polar surface area (TPSA) is 83.8 Å². The van der Waals surface area contributed by atoms with Gasteiger partial charge >= 0.3 is 5.97 Å². The summed E-state index contributed by atoms with van der Waals surface area (Å²) in [6.07, 6.45) is 8.17. The molecule has 1 saturated carbocycles. The number of hydrogen-bond donors (Lipinski definition) is 2. The van der Waals surface area contributed by atoms with Crippen LogP contribution < -0.4 is 0 Å². The van der Waals surface area contributed by atoms with Crippen molar-refractivity contribution >= 4 is 11.8 Å². The largest absolute Gasteiger partial charge is 0.463 e. The van der Waals surface area contributed by atoms with Gasteiger partial charge in [0, 0.05) is 19.3 Å². The number of carbonyl (C=O) groups excluding carboxylic acids is 2. The van der Waals surface area contributed by atoms with E-state index >= 15 is 0 Å². The van der Waals surface area contributed by atoms with E-state index in [2.05, 4.69) is 0 Å². The summed E-state index contributed by atoms with van der Waals surface area (Å²) in [5.41, 5.74) is 1.16. The number of unbranched alkanes of at least 4 members (excludes halogenated alkanes) is 1. The first-order chi connectivity index (χ1) is 14.9. The van der Waals surface area contributed by atoms with E-state index in [0.29, 0.717) is 38.5 Å². The highest BCUT2D eigenvalue weighted by molar-refractivity contribution is 5.78. The van der Waals surface area contributed by atoms with E-state index in [4.69, 9.17) is 4.74 Å². The zero-order valence-corrected chi connectivity index (χ0v) is 18.9. The number of Topliss-reactive ketones (excluding diaryl/α,β-unsaturated/α-hetero) is 1. The molecule has 1 fully saturated rings. The van der Waals surface area contributed by atoms with Crippen molar-refractivity contribution in [3.05, 3.63) is 48.0 Å². The maximum Gasteiger partial charge on any atom is 0.306 e. The van der Waals surface area contributed by atoms with Gasteiger partial charge < -0.3 is 14.9 Å². The van der Waals surface area contributed by atoms with E-state index in [1.807, 2.05) is 56.3 Å². The van der Waals surface area contributed by atoms with Gasteiger partial charge in [-0.15, -0.1) is 0 Å². The maximum absolute atomic E-state index is 12.3. The van der Waals surface area contributed by atoms with Crippen molar-refractivity contribution in [2.45, 2.75) is 89.9 Å². The van der Waals surface area contributed by atoms with Crippen LogP contribution in [0.15, 0.2) is 42.5 Å². The van der Waals surface area contributed by atoms with Gasteiger partial charge in [0.15, 0.2) is 0 Å². The van der Waals surface area contributed by atoms with Gasteiger partial charge in [-0.2, -0.15) is 0 Å². The zero-order chi connectivity index (χ0) is 22.6. The Morgan fingerprint density at radius 3 is 2.45 bits per heavy atom. The van der Waals surface area contributed by atoms with Gasteiger partial charge in [0.2, 0.25) is 0 Å². The lowest BCUT2D eigenvalue weighted by molar-refractivity contribution is -0.147. The number of benzene rings is 1. The number of hydrogen-bond acceptors (Lipinski definition) is 5. The SMILES string of the molecule is CC(C)OC(=O)CCCC=CC[C@@H]1[C@@H](CCC(=O)CCc2ccccc2)[C@H](O)C[C@@H]1O. The van der Waals surface area contributed by atoms with E-state index in [1.54, 1.807) is 0 Å². The summed E-state index contributed by atoms with van der Waals surface area (Å²) in [6.45, 7) is 3.68. The molecule has 0 aromatic heterocycles. The number of ketones is 1. The number of ether oxygens (including phenoxy) is 1. The molecule has 1 aromatic rings. The molecule has 0 heterocycles. The van der Waals surface area contributed by atoms with E-state index in [0.717, 1.165) is 24.8 Å². The van der Waals surface area contributed by atoms with Gasteiger partial charge in [0.25, 0.3) is 0 Å². The zero-order valence-electron chi connectivity index (χ0n) is 18.9. The Hall–Kier alpha value is -1.98. The Bertz CT molecular complexity index is 697. The summed E-state index contributed by atoms with van der Waals surface area (Å²) in [5, 5.41) is 20.7. The van der Waals surface area contributed by atoms with E-state index < -0.39 is 12.2 Å². The fourth-order valence-electron chi connectivity index (χ4n) is 4.34. The molecule has 0 radical (unpaired) electrons. The van der Waals surface area contributed by atoms with Crippen LogP contribution in [0.5, 0.6) is 0 Å². The Kier molecular flexibility index (Phi) is 11.0. The molecule has 5 nitrogen and oxygen atoms in total. The molecule has 1 aromatic carbocycles. The minimum atomic E-state index is -0.555. The molecular weight excluding hydrogens is 392 g/mol. The van der Waals surface area contributed by atoms with Crippen molar-refractivity contribution in [2.75, 3.05) is 0 Å². The fourth-order valence-corrected chi connectivity index (χ4v) is 4.34. The van der Waals surface area contributed by atoms with Crippen molar-refractivity contribution in [3.8, 4) is 0 Å². The van der Waals surface area contributed by atoms with Crippen molar-refractivity contribution in [1.82, 2.24) is 0 Å².